The highest BCUT2D eigenvalue weighted by atomic mass is 16.1. The van der Waals surface area contributed by atoms with Gasteiger partial charge in [0.25, 0.3) is 0 Å². The van der Waals surface area contributed by atoms with E-state index in [1.165, 1.54) is 5.56 Å². The summed E-state index contributed by atoms with van der Waals surface area (Å²) in [5.74, 6) is 0.269. The molecule has 1 heterocycles. The molecule has 0 atom stereocenters. The number of nitrogens with two attached hydrogens (primary N) is 1. The highest BCUT2D eigenvalue weighted by Crippen LogP contribution is 2.21. The molecular weight excluding hydrogens is 200 g/mol. The zero-order valence-corrected chi connectivity index (χ0v) is 8.97. The van der Waals surface area contributed by atoms with Crippen molar-refractivity contribution in [1.29, 1.82) is 0 Å². The van der Waals surface area contributed by atoms with Crippen LogP contribution >= 0.6 is 0 Å². The first kappa shape index (κ1) is 10.4. The van der Waals surface area contributed by atoms with Gasteiger partial charge >= 0.3 is 0 Å². The minimum Gasteiger partial charge on any atom is -0.383 e. The number of carbonyl (C=O) groups is 1. The van der Waals surface area contributed by atoms with Crippen molar-refractivity contribution < 1.29 is 4.79 Å². The summed E-state index contributed by atoms with van der Waals surface area (Å²) in [6, 6.07) is 9.78. The van der Waals surface area contributed by atoms with E-state index in [2.05, 4.69) is 4.98 Å². The Morgan fingerprint density at radius 1 is 1.19 bits per heavy atom. The second kappa shape index (κ2) is 4.14. The first-order valence-corrected chi connectivity index (χ1v) is 4.98. The van der Waals surface area contributed by atoms with Gasteiger partial charge in [-0.2, -0.15) is 0 Å². The second-order valence-electron chi connectivity index (χ2n) is 3.68. The molecule has 0 spiro atoms. The highest BCUT2D eigenvalue weighted by Gasteiger charge is 2.03. The largest absolute Gasteiger partial charge is 0.383 e. The van der Waals surface area contributed by atoms with E-state index < -0.39 is 0 Å². The molecule has 0 radical (unpaired) electrons. The van der Waals surface area contributed by atoms with Crippen LogP contribution in [0.4, 0.5) is 5.82 Å². The predicted molar refractivity (Wildman–Crippen MR) is 64.2 cm³/mol. The molecule has 2 aromatic rings. The molecule has 1 aromatic heterocycles. The summed E-state index contributed by atoms with van der Waals surface area (Å²) < 4.78 is 0. The van der Waals surface area contributed by atoms with Gasteiger partial charge in [-0.25, -0.2) is 4.98 Å². The Bertz CT molecular complexity index is 518. The number of aromatic nitrogens is 1. The van der Waals surface area contributed by atoms with Crippen LogP contribution in [0, 0.1) is 6.92 Å². The lowest BCUT2D eigenvalue weighted by molar-refractivity contribution is 0.112. The molecule has 3 heteroatoms. The van der Waals surface area contributed by atoms with Gasteiger partial charge in [0, 0.05) is 11.8 Å². The SMILES string of the molecule is Cc1ccc(-c2cnc(N)c(C=O)c2)cc1. The molecule has 0 amide bonds. The van der Waals surface area contributed by atoms with Crippen molar-refractivity contribution in [3.8, 4) is 11.1 Å². The number of pyridine rings is 1. The molecule has 0 aliphatic heterocycles. The number of nitrogen functional groups attached to an aromatic ring is 1. The van der Waals surface area contributed by atoms with Crippen LogP contribution in [-0.2, 0) is 0 Å². The monoisotopic (exact) mass is 212 g/mol. The first-order valence-electron chi connectivity index (χ1n) is 4.98. The van der Waals surface area contributed by atoms with Gasteiger partial charge in [0.15, 0.2) is 6.29 Å². The van der Waals surface area contributed by atoms with E-state index in [0.717, 1.165) is 17.4 Å². The molecule has 3 nitrogen and oxygen atoms in total. The minimum absolute atomic E-state index is 0.269. The summed E-state index contributed by atoms with van der Waals surface area (Å²) in [6.07, 6.45) is 2.40. The van der Waals surface area contributed by atoms with Gasteiger partial charge in [-0.15, -0.1) is 0 Å². The van der Waals surface area contributed by atoms with Gasteiger partial charge in [-0.3, -0.25) is 4.79 Å². The van der Waals surface area contributed by atoms with Crippen LogP contribution in [0.5, 0.6) is 0 Å². The molecular formula is C13H12N2O. The van der Waals surface area contributed by atoms with E-state index >= 15 is 0 Å². The quantitative estimate of drug-likeness (QED) is 0.778. The Morgan fingerprint density at radius 3 is 2.50 bits per heavy atom. The van der Waals surface area contributed by atoms with Crippen molar-refractivity contribution in [2.45, 2.75) is 6.92 Å². The van der Waals surface area contributed by atoms with Crippen LogP contribution in [-0.4, -0.2) is 11.3 Å². The Hall–Kier alpha value is -2.16. The fourth-order valence-electron chi connectivity index (χ4n) is 1.49. The predicted octanol–water partition coefficient (Wildman–Crippen LogP) is 2.45. The molecule has 0 aliphatic carbocycles. The van der Waals surface area contributed by atoms with Crippen LogP contribution in [0.2, 0.25) is 0 Å². The fraction of sp³-hybridized carbons (Fsp3) is 0.0769. The number of benzene rings is 1. The molecule has 16 heavy (non-hydrogen) atoms. The number of nitrogens with zero attached hydrogens (tertiary/aromatic N) is 1. The Labute approximate surface area is 93.9 Å². The third-order valence-corrected chi connectivity index (χ3v) is 2.46. The van der Waals surface area contributed by atoms with Gasteiger partial charge in [0.1, 0.15) is 5.82 Å². The van der Waals surface area contributed by atoms with E-state index in [1.54, 1.807) is 12.3 Å². The van der Waals surface area contributed by atoms with Crippen LogP contribution in [0.3, 0.4) is 0 Å². The minimum atomic E-state index is 0.269. The van der Waals surface area contributed by atoms with Gasteiger partial charge in [0.2, 0.25) is 0 Å². The normalized spacial score (nSPS) is 10.1. The van der Waals surface area contributed by atoms with Gasteiger partial charge in [-0.1, -0.05) is 29.8 Å². The third kappa shape index (κ3) is 1.93. The molecule has 2 rings (SSSR count). The van der Waals surface area contributed by atoms with Gasteiger partial charge < -0.3 is 5.73 Å². The number of rotatable bonds is 2. The average Bonchev–Trinajstić information content (AvgIpc) is 2.31. The van der Waals surface area contributed by atoms with E-state index in [0.29, 0.717) is 5.56 Å². The lowest BCUT2D eigenvalue weighted by atomic mass is 10.0. The smallest absolute Gasteiger partial charge is 0.153 e. The van der Waals surface area contributed by atoms with E-state index in [4.69, 9.17) is 5.73 Å². The number of aryl methyl sites for hydroxylation is 1. The number of hydrogen-bond donors (Lipinski definition) is 1. The van der Waals surface area contributed by atoms with Crippen LogP contribution < -0.4 is 5.73 Å². The maximum Gasteiger partial charge on any atom is 0.153 e. The lowest BCUT2D eigenvalue weighted by Gasteiger charge is -2.04. The summed E-state index contributed by atoms with van der Waals surface area (Å²) in [5.41, 5.74) is 9.11. The zero-order chi connectivity index (χ0) is 11.5. The molecule has 1 aromatic carbocycles. The maximum absolute atomic E-state index is 10.7. The summed E-state index contributed by atoms with van der Waals surface area (Å²) >= 11 is 0. The zero-order valence-electron chi connectivity index (χ0n) is 8.97. The van der Waals surface area contributed by atoms with Crippen LogP contribution in [0.1, 0.15) is 15.9 Å². The van der Waals surface area contributed by atoms with E-state index in [-0.39, 0.29) is 5.82 Å². The number of aldehydes is 1. The van der Waals surface area contributed by atoms with Crippen LogP contribution in [0.25, 0.3) is 11.1 Å². The standard InChI is InChI=1S/C13H12N2O/c1-9-2-4-10(5-3-9)11-6-12(8-16)13(14)15-7-11/h2-8H,1H3,(H2,14,15). The molecule has 0 aliphatic rings. The number of hydrogen-bond acceptors (Lipinski definition) is 3. The van der Waals surface area contributed by atoms with Crippen molar-refractivity contribution in [2.75, 3.05) is 5.73 Å². The van der Waals surface area contributed by atoms with Crippen molar-refractivity contribution in [3.63, 3.8) is 0 Å². The maximum atomic E-state index is 10.7. The number of carbonyl (C=O) groups excluding carboxylic acids is 1. The number of anilines is 1. The Kier molecular flexibility index (Phi) is 2.68. The lowest BCUT2D eigenvalue weighted by Crippen LogP contribution is -1.96. The first-order chi connectivity index (χ1) is 7.70. The van der Waals surface area contributed by atoms with Crippen LogP contribution in [0.15, 0.2) is 36.5 Å². The van der Waals surface area contributed by atoms with Crippen molar-refractivity contribution in [2.24, 2.45) is 0 Å². The Balaban J connectivity index is 2.48. The molecule has 0 unspecified atom stereocenters. The molecule has 0 fully saturated rings. The summed E-state index contributed by atoms with van der Waals surface area (Å²) in [5, 5.41) is 0. The molecule has 0 bridgehead atoms. The van der Waals surface area contributed by atoms with E-state index in [9.17, 15) is 4.79 Å². The topological polar surface area (TPSA) is 56.0 Å². The third-order valence-electron chi connectivity index (χ3n) is 2.46. The highest BCUT2D eigenvalue weighted by molar-refractivity contribution is 5.84. The van der Waals surface area contributed by atoms with Gasteiger partial charge in [-0.05, 0) is 18.6 Å². The van der Waals surface area contributed by atoms with Crippen molar-refractivity contribution in [1.82, 2.24) is 4.98 Å². The van der Waals surface area contributed by atoms with E-state index in [1.807, 2.05) is 31.2 Å². The Morgan fingerprint density at radius 2 is 1.88 bits per heavy atom. The molecule has 0 saturated heterocycles. The molecule has 0 saturated carbocycles. The molecule has 2 N–H and O–H groups in total. The summed E-state index contributed by atoms with van der Waals surface area (Å²) in [4.78, 5) is 14.7. The van der Waals surface area contributed by atoms with Gasteiger partial charge in [0.05, 0.1) is 5.56 Å². The summed E-state index contributed by atoms with van der Waals surface area (Å²) in [7, 11) is 0. The van der Waals surface area contributed by atoms with Crippen molar-refractivity contribution in [3.05, 3.63) is 47.7 Å². The van der Waals surface area contributed by atoms with Crippen molar-refractivity contribution >= 4 is 12.1 Å². The molecule has 80 valence electrons. The summed E-state index contributed by atoms with van der Waals surface area (Å²) in [6.45, 7) is 2.03. The average molecular weight is 212 g/mol. The fourth-order valence-corrected chi connectivity index (χ4v) is 1.49. The second-order valence-corrected chi connectivity index (χ2v) is 3.68.